The van der Waals surface area contributed by atoms with Gasteiger partial charge in [0.2, 0.25) is 0 Å². The Morgan fingerprint density at radius 2 is 1.73 bits per heavy atom. The van der Waals surface area contributed by atoms with Gasteiger partial charge in [-0.3, -0.25) is 9.79 Å². The highest BCUT2D eigenvalue weighted by atomic mass is 16.5. The summed E-state index contributed by atoms with van der Waals surface area (Å²) in [4.78, 5) is 21.5. The van der Waals surface area contributed by atoms with E-state index in [-0.39, 0.29) is 18.1 Å². The van der Waals surface area contributed by atoms with Gasteiger partial charge in [0.15, 0.2) is 5.96 Å². The number of para-hydroxylation sites is 1. The maximum atomic E-state index is 12.9. The first kappa shape index (κ1) is 23.1. The topological polar surface area (TPSA) is 69.2 Å². The molecular formula is C26H35N5O2. The largest absolute Gasteiger partial charge is 0.372 e. The second-order valence-electron chi connectivity index (χ2n) is 9.00. The molecule has 1 amide bonds. The molecule has 4 rings (SSSR count). The number of anilines is 1. The number of carbonyl (C=O) groups is 1. The Morgan fingerprint density at radius 3 is 2.39 bits per heavy atom. The summed E-state index contributed by atoms with van der Waals surface area (Å²) in [5.41, 5.74) is 3.09. The van der Waals surface area contributed by atoms with Gasteiger partial charge in [-0.15, -0.1) is 0 Å². The van der Waals surface area contributed by atoms with Crippen molar-refractivity contribution in [2.24, 2.45) is 4.99 Å². The lowest BCUT2D eigenvalue weighted by Gasteiger charge is -2.35. The molecule has 2 aliphatic rings. The van der Waals surface area contributed by atoms with E-state index in [1.165, 1.54) is 5.69 Å². The van der Waals surface area contributed by atoms with E-state index in [1.807, 2.05) is 49.1 Å². The average molecular weight is 450 g/mol. The van der Waals surface area contributed by atoms with E-state index in [0.29, 0.717) is 25.7 Å². The molecule has 0 spiro atoms. The van der Waals surface area contributed by atoms with Gasteiger partial charge in [-0.1, -0.05) is 30.3 Å². The lowest BCUT2D eigenvalue weighted by Crippen LogP contribution is -2.48. The molecule has 0 radical (unpaired) electrons. The van der Waals surface area contributed by atoms with E-state index in [4.69, 9.17) is 4.74 Å². The monoisotopic (exact) mass is 449 g/mol. The molecule has 3 unspecified atom stereocenters. The maximum absolute atomic E-state index is 12.9. The van der Waals surface area contributed by atoms with Gasteiger partial charge in [-0.2, -0.15) is 0 Å². The first-order valence-electron chi connectivity index (χ1n) is 11.8. The second kappa shape index (κ2) is 10.7. The summed E-state index contributed by atoms with van der Waals surface area (Å²) < 4.78 is 5.74. The molecule has 2 aliphatic heterocycles. The Bertz CT molecular complexity index is 937. The van der Waals surface area contributed by atoms with E-state index >= 15 is 0 Å². The maximum Gasteiger partial charge on any atom is 0.254 e. The summed E-state index contributed by atoms with van der Waals surface area (Å²) in [6.07, 6.45) is 1.21. The van der Waals surface area contributed by atoms with Crippen LogP contribution in [0.1, 0.15) is 36.2 Å². The number of aliphatic imine (C=N–C) groups is 1. The Morgan fingerprint density at radius 1 is 1.03 bits per heavy atom. The molecular weight excluding hydrogens is 414 g/mol. The van der Waals surface area contributed by atoms with Gasteiger partial charge in [0.1, 0.15) is 0 Å². The Hall–Kier alpha value is -3.06. The van der Waals surface area contributed by atoms with Crippen molar-refractivity contribution in [2.45, 2.75) is 45.1 Å². The van der Waals surface area contributed by atoms with Crippen LogP contribution in [0, 0.1) is 0 Å². The zero-order chi connectivity index (χ0) is 23.2. The first-order valence-corrected chi connectivity index (χ1v) is 11.8. The summed E-state index contributed by atoms with van der Waals surface area (Å²) in [5, 5.41) is 6.94. The van der Waals surface area contributed by atoms with E-state index in [9.17, 15) is 4.79 Å². The van der Waals surface area contributed by atoms with Crippen molar-refractivity contribution < 1.29 is 9.53 Å². The lowest BCUT2D eigenvalue weighted by atomic mass is 10.1. The minimum absolute atomic E-state index is 0.0678. The van der Waals surface area contributed by atoms with Crippen LogP contribution >= 0.6 is 0 Å². The van der Waals surface area contributed by atoms with E-state index in [1.54, 1.807) is 7.05 Å². The predicted octanol–water partition coefficient (Wildman–Crippen LogP) is 2.88. The third kappa shape index (κ3) is 6.05. The molecule has 2 N–H and O–H groups in total. The van der Waals surface area contributed by atoms with E-state index in [2.05, 4.69) is 44.8 Å². The number of benzene rings is 2. The molecule has 2 heterocycles. The summed E-state index contributed by atoms with van der Waals surface area (Å²) in [5.74, 6) is 0.865. The Balaban J connectivity index is 1.26. The van der Waals surface area contributed by atoms with Gasteiger partial charge in [-0.25, -0.2) is 0 Å². The van der Waals surface area contributed by atoms with Crippen LogP contribution < -0.4 is 15.5 Å². The summed E-state index contributed by atoms with van der Waals surface area (Å²) in [6, 6.07) is 18.7. The number of morpholine rings is 1. The lowest BCUT2D eigenvalue weighted by molar-refractivity contribution is -0.0586. The molecule has 2 fully saturated rings. The minimum Gasteiger partial charge on any atom is -0.372 e. The highest BCUT2D eigenvalue weighted by molar-refractivity contribution is 5.94. The van der Waals surface area contributed by atoms with Crippen molar-refractivity contribution in [2.75, 3.05) is 38.1 Å². The standard InChI is InChI=1S/C26H35N5O2/c1-19-16-31(17-20(2)33-19)25(32)22-11-9-21(10-12-22)15-28-26(27-3)29-23-13-14-30(18-23)24-7-5-4-6-8-24/h4-12,19-20,23H,13-18H2,1-3H3,(H2,27,28,29). The van der Waals surface area contributed by atoms with Crippen LogP contribution in [0.4, 0.5) is 5.69 Å². The number of hydrogen-bond acceptors (Lipinski definition) is 4. The van der Waals surface area contributed by atoms with Crippen LogP contribution in [0.25, 0.3) is 0 Å². The summed E-state index contributed by atoms with van der Waals surface area (Å²) >= 11 is 0. The molecule has 7 nitrogen and oxygen atoms in total. The van der Waals surface area contributed by atoms with Gasteiger partial charge >= 0.3 is 0 Å². The van der Waals surface area contributed by atoms with Gasteiger partial charge in [0, 0.05) is 57.1 Å². The molecule has 2 saturated heterocycles. The molecule has 0 bridgehead atoms. The van der Waals surface area contributed by atoms with E-state index in [0.717, 1.165) is 36.6 Å². The molecule has 2 aromatic rings. The average Bonchev–Trinajstić information content (AvgIpc) is 3.30. The molecule has 0 saturated carbocycles. The third-order valence-electron chi connectivity index (χ3n) is 6.24. The second-order valence-corrected chi connectivity index (χ2v) is 9.00. The highest BCUT2D eigenvalue weighted by Gasteiger charge is 2.26. The fraction of sp³-hybridized carbons (Fsp3) is 0.462. The number of nitrogens with one attached hydrogen (secondary N) is 2. The smallest absolute Gasteiger partial charge is 0.254 e. The summed E-state index contributed by atoms with van der Waals surface area (Å²) in [7, 11) is 1.80. The van der Waals surface area contributed by atoms with Crippen LogP contribution in [-0.2, 0) is 11.3 Å². The molecule has 3 atom stereocenters. The van der Waals surface area contributed by atoms with Crippen molar-refractivity contribution in [3.8, 4) is 0 Å². The fourth-order valence-corrected chi connectivity index (χ4v) is 4.62. The van der Waals surface area contributed by atoms with Crippen LogP contribution in [0.3, 0.4) is 0 Å². The van der Waals surface area contributed by atoms with Gasteiger partial charge in [0.25, 0.3) is 5.91 Å². The zero-order valence-electron chi connectivity index (χ0n) is 19.8. The molecule has 2 aromatic carbocycles. The molecule has 0 aliphatic carbocycles. The number of amides is 1. The van der Waals surface area contributed by atoms with Gasteiger partial charge in [0.05, 0.1) is 12.2 Å². The minimum atomic E-state index is 0.0678. The van der Waals surface area contributed by atoms with Crippen molar-refractivity contribution >= 4 is 17.6 Å². The van der Waals surface area contributed by atoms with Crippen LogP contribution in [0.5, 0.6) is 0 Å². The number of carbonyl (C=O) groups excluding carboxylic acids is 1. The van der Waals surface area contributed by atoms with Crippen LogP contribution in [0.15, 0.2) is 59.6 Å². The Labute approximate surface area is 196 Å². The number of hydrogen-bond donors (Lipinski definition) is 2. The molecule has 176 valence electrons. The fourth-order valence-electron chi connectivity index (χ4n) is 4.62. The number of nitrogens with zero attached hydrogens (tertiary/aromatic N) is 3. The number of ether oxygens (including phenoxy) is 1. The first-order chi connectivity index (χ1) is 16.0. The van der Waals surface area contributed by atoms with Crippen molar-refractivity contribution in [3.63, 3.8) is 0 Å². The van der Waals surface area contributed by atoms with E-state index < -0.39 is 0 Å². The Kier molecular flexibility index (Phi) is 7.50. The van der Waals surface area contributed by atoms with Gasteiger partial charge in [-0.05, 0) is 50.1 Å². The zero-order valence-corrected chi connectivity index (χ0v) is 19.8. The van der Waals surface area contributed by atoms with Crippen LogP contribution in [0.2, 0.25) is 0 Å². The highest BCUT2D eigenvalue weighted by Crippen LogP contribution is 2.19. The van der Waals surface area contributed by atoms with Gasteiger partial charge < -0.3 is 25.2 Å². The van der Waals surface area contributed by atoms with Crippen molar-refractivity contribution in [1.29, 1.82) is 0 Å². The predicted molar refractivity (Wildman–Crippen MR) is 133 cm³/mol. The van der Waals surface area contributed by atoms with Crippen molar-refractivity contribution in [3.05, 3.63) is 65.7 Å². The SMILES string of the molecule is CN=C(NCc1ccc(C(=O)N2CC(C)OC(C)C2)cc1)NC1CCN(c2ccccc2)C1. The number of guanidine groups is 1. The molecule has 0 aromatic heterocycles. The normalized spacial score (nSPS) is 23.5. The summed E-state index contributed by atoms with van der Waals surface area (Å²) in [6.45, 7) is 7.94. The number of rotatable bonds is 5. The molecule has 7 heteroatoms. The third-order valence-corrected chi connectivity index (χ3v) is 6.24. The molecule has 33 heavy (non-hydrogen) atoms. The van der Waals surface area contributed by atoms with Crippen molar-refractivity contribution in [1.82, 2.24) is 15.5 Å². The van der Waals surface area contributed by atoms with Crippen LogP contribution in [-0.4, -0.2) is 68.2 Å². The quantitative estimate of drug-likeness (QED) is 0.543.